The standard InChI is InChI=1S/C17H16O6/c18-13-3-1-2-9-6-11(4-5-12(9)13)23-17(22)10-7-14(19)16(21)15(20)8-10/h1-3,7-8,11,18-21H,4-6H2. The zero-order chi connectivity index (χ0) is 16.6. The van der Waals surface area contributed by atoms with Crippen LogP contribution in [-0.4, -0.2) is 32.5 Å². The molecule has 1 atom stereocenters. The van der Waals surface area contributed by atoms with Crippen LogP contribution in [0.3, 0.4) is 0 Å². The van der Waals surface area contributed by atoms with Gasteiger partial charge in [-0.25, -0.2) is 4.79 Å². The first-order valence-corrected chi connectivity index (χ1v) is 7.21. The van der Waals surface area contributed by atoms with Crippen LogP contribution in [0.25, 0.3) is 0 Å². The van der Waals surface area contributed by atoms with Crippen LogP contribution < -0.4 is 0 Å². The fourth-order valence-corrected chi connectivity index (χ4v) is 2.80. The lowest BCUT2D eigenvalue weighted by Gasteiger charge is -2.25. The SMILES string of the molecule is O=C(OC1CCc2c(O)cccc2C1)c1cc(O)c(O)c(O)c1. The van der Waals surface area contributed by atoms with Crippen molar-refractivity contribution in [2.24, 2.45) is 0 Å². The van der Waals surface area contributed by atoms with Gasteiger partial charge >= 0.3 is 5.97 Å². The van der Waals surface area contributed by atoms with Crippen molar-refractivity contribution in [2.75, 3.05) is 0 Å². The molecule has 0 heterocycles. The highest BCUT2D eigenvalue weighted by atomic mass is 16.5. The third kappa shape index (κ3) is 2.88. The molecule has 0 saturated heterocycles. The van der Waals surface area contributed by atoms with Crippen molar-refractivity contribution in [3.05, 3.63) is 47.0 Å². The maximum absolute atomic E-state index is 12.1. The lowest BCUT2D eigenvalue weighted by Crippen LogP contribution is -2.25. The van der Waals surface area contributed by atoms with Gasteiger partial charge in [0.15, 0.2) is 17.2 Å². The highest BCUT2D eigenvalue weighted by Gasteiger charge is 2.25. The van der Waals surface area contributed by atoms with Crippen molar-refractivity contribution in [2.45, 2.75) is 25.4 Å². The van der Waals surface area contributed by atoms with Gasteiger partial charge in [0.05, 0.1) is 5.56 Å². The number of rotatable bonds is 2. The molecule has 2 aromatic carbocycles. The summed E-state index contributed by atoms with van der Waals surface area (Å²) >= 11 is 0. The van der Waals surface area contributed by atoms with E-state index in [1.54, 1.807) is 12.1 Å². The lowest BCUT2D eigenvalue weighted by atomic mass is 9.89. The number of aromatic hydroxyl groups is 4. The molecule has 1 unspecified atom stereocenters. The van der Waals surface area contributed by atoms with Gasteiger partial charge in [0.2, 0.25) is 0 Å². The molecule has 4 N–H and O–H groups in total. The van der Waals surface area contributed by atoms with Gasteiger partial charge in [-0.1, -0.05) is 12.1 Å². The molecular weight excluding hydrogens is 300 g/mol. The Morgan fingerprint density at radius 3 is 2.43 bits per heavy atom. The number of phenols is 4. The smallest absolute Gasteiger partial charge is 0.338 e. The third-order valence-electron chi connectivity index (χ3n) is 3.99. The molecule has 0 fully saturated rings. The van der Waals surface area contributed by atoms with Crippen molar-refractivity contribution >= 4 is 5.97 Å². The van der Waals surface area contributed by atoms with E-state index in [0.717, 1.165) is 23.3 Å². The van der Waals surface area contributed by atoms with Crippen molar-refractivity contribution in [1.29, 1.82) is 0 Å². The number of ether oxygens (including phenoxy) is 1. The minimum absolute atomic E-state index is 0.0421. The summed E-state index contributed by atoms with van der Waals surface area (Å²) in [5, 5.41) is 38.0. The van der Waals surface area contributed by atoms with E-state index in [1.807, 2.05) is 6.07 Å². The van der Waals surface area contributed by atoms with Crippen LogP contribution in [0.4, 0.5) is 0 Å². The van der Waals surface area contributed by atoms with Crippen molar-refractivity contribution in [1.82, 2.24) is 0 Å². The van der Waals surface area contributed by atoms with Crippen molar-refractivity contribution in [3.63, 3.8) is 0 Å². The molecule has 2 aromatic rings. The van der Waals surface area contributed by atoms with E-state index in [-0.39, 0.29) is 17.4 Å². The topological polar surface area (TPSA) is 107 Å². The van der Waals surface area contributed by atoms with Gasteiger partial charge in [-0.2, -0.15) is 0 Å². The number of phenolic OH excluding ortho intramolecular Hbond substituents is 4. The summed E-state index contributed by atoms with van der Waals surface area (Å²) in [6.45, 7) is 0. The molecule has 0 aliphatic heterocycles. The summed E-state index contributed by atoms with van der Waals surface area (Å²) in [7, 11) is 0. The van der Waals surface area contributed by atoms with Gasteiger partial charge in [0, 0.05) is 6.42 Å². The van der Waals surface area contributed by atoms with Gasteiger partial charge < -0.3 is 25.2 Å². The van der Waals surface area contributed by atoms with E-state index in [0.29, 0.717) is 19.3 Å². The summed E-state index contributed by atoms with van der Waals surface area (Å²) in [5.41, 5.74) is 1.77. The van der Waals surface area contributed by atoms with Crippen LogP contribution in [0, 0.1) is 0 Å². The minimum atomic E-state index is -0.691. The van der Waals surface area contributed by atoms with Crippen LogP contribution in [0.5, 0.6) is 23.0 Å². The Kier molecular flexibility index (Phi) is 3.73. The maximum Gasteiger partial charge on any atom is 0.338 e. The first-order chi connectivity index (χ1) is 11.0. The number of carbonyl (C=O) groups is 1. The normalized spacial score (nSPS) is 16.6. The number of carbonyl (C=O) groups excluding carboxylic acids is 1. The molecule has 0 spiro atoms. The number of benzene rings is 2. The van der Waals surface area contributed by atoms with E-state index in [2.05, 4.69) is 0 Å². The summed E-state index contributed by atoms with van der Waals surface area (Å²) in [6.07, 6.45) is 1.32. The second-order valence-electron chi connectivity index (χ2n) is 5.55. The van der Waals surface area contributed by atoms with Gasteiger partial charge in [-0.3, -0.25) is 0 Å². The highest BCUT2D eigenvalue weighted by molar-refractivity contribution is 5.91. The van der Waals surface area contributed by atoms with Crippen LogP contribution >= 0.6 is 0 Å². The largest absolute Gasteiger partial charge is 0.508 e. The molecule has 120 valence electrons. The van der Waals surface area contributed by atoms with Gasteiger partial charge in [0.1, 0.15) is 11.9 Å². The van der Waals surface area contributed by atoms with E-state index < -0.39 is 23.2 Å². The van der Waals surface area contributed by atoms with Crippen molar-refractivity contribution < 1.29 is 30.0 Å². The quantitative estimate of drug-likeness (QED) is 0.500. The molecule has 23 heavy (non-hydrogen) atoms. The molecule has 3 rings (SSSR count). The third-order valence-corrected chi connectivity index (χ3v) is 3.99. The lowest BCUT2D eigenvalue weighted by molar-refractivity contribution is 0.0269. The average Bonchev–Trinajstić information content (AvgIpc) is 2.52. The Hall–Kier alpha value is -2.89. The molecule has 1 aliphatic rings. The first kappa shape index (κ1) is 15.0. The Bertz CT molecular complexity index is 745. The number of esters is 1. The summed E-state index contributed by atoms with van der Waals surface area (Å²) in [5.74, 6) is -2.29. The van der Waals surface area contributed by atoms with Gasteiger partial charge in [-0.05, 0) is 42.2 Å². The van der Waals surface area contributed by atoms with Crippen LogP contribution in [0.2, 0.25) is 0 Å². The molecule has 6 nitrogen and oxygen atoms in total. The summed E-state index contributed by atoms with van der Waals surface area (Å²) in [6, 6.07) is 7.34. The second-order valence-corrected chi connectivity index (χ2v) is 5.55. The molecule has 0 saturated carbocycles. The van der Waals surface area contributed by atoms with Gasteiger partial charge in [-0.15, -0.1) is 0 Å². The number of hydrogen-bond acceptors (Lipinski definition) is 6. The predicted molar refractivity (Wildman–Crippen MR) is 80.8 cm³/mol. The highest BCUT2D eigenvalue weighted by Crippen LogP contribution is 2.36. The number of fused-ring (bicyclic) bond motifs is 1. The van der Waals surface area contributed by atoms with E-state index >= 15 is 0 Å². The average molecular weight is 316 g/mol. The number of hydrogen-bond donors (Lipinski definition) is 4. The monoisotopic (exact) mass is 316 g/mol. The molecule has 0 radical (unpaired) electrons. The Morgan fingerprint density at radius 1 is 1.04 bits per heavy atom. The molecule has 0 amide bonds. The van der Waals surface area contributed by atoms with Crippen LogP contribution in [0.1, 0.15) is 27.9 Å². The zero-order valence-electron chi connectivity index (χ0n) is 12.2. The fourth-order valence-electron chi connectivity index (χ4n) is 2.80. The van der Waals surface area contributed by atoms with Crippen LogP contribution in [-0.2, 0) is 17.6 Å². The Morgan fingerprint density at radius 2 is 1.74 bits per heavy atom. The molecule has 1 aliphatic carbocycles. The Labute approximate surface area is 132 Å². The van der Waals surface area contributed by atoms with E-state index in [1.165, 1.54) is 0 Å². The molecule has 0 aromatic heterocycles. The fraction of sp³-hybridized carbons (Fsp3) is 0.235. The molecule has 0 bridgehead atoms. The minimum Gasteiger partial charge on any atom is -0.508 e. The maximum atomic E-state index is 12.1. The summed E-state index contributed by atoms with van der Waals surface area (Å²) < 4.78 is 5.40. The predicted octanol–water partition coefficient (Wildman–Crippen LogP) is 2.22. The zero-order valence-corrected chi connectivity index (χ0v) is 12.2. The summed E-state index contributed by atoms with van der Waals surface area (Å²) in [4.78, 5) is 12.1. The first-order valence-electron chi connectivity index (χ1n) is 7.21. The van der Waals surface area contributed by atoms with Gasteiger partial charge in [0.25, 0.3) is 0 Å². The molecular formula is C17H16O6. The molecule has 6 heteroatoms. The van der Waals surface area contributed by atoms with E-state index in [4.69, 9.17) is 4.74 Å². The van der Waals surface area contributed by atoms with Crippen LogP contribution in [0.15, 0.2) is 30.3 Å². The Balaban J connectivity index is 1.74. The second kappa shape index (κ2) is 5.72. The van der Waals surface area contributed by atoms with E-state index in [9.17, 15) is 25.2 Å². The van der Waals surface area contributed by atoms with Crippen molar-refractivity contribution in [3.8, 4) is 23.0 Å².